The number of hydrogen-bond donors (Lipinski definition) is 2. The molecule has 1 saturated heterocycles. The molecule has 1 unspecified atom stereocenters. The number of carbonyl (C=O) groups excluding carboxylic acids is 1. The van der Waals surface area contributed by atoms with Crippen LogP contribution in [-0.2, 0) is 9.53 Å². The number of rotatable bonds is 4. The first-order chi connectivity index (χ1) is 6.65. The molecule has 1 aliphatic rings. The van der Waals surface area contributed by atoms with Crippen molar-refractivity contribution in [2.45, 2.75) is 25.0 Å². The molecule has 5 nitrogen and oxygen atoms in total. The third-order valence-electron chi connectivity index (χ3n) is 2.43. The number of nitrogens with two attached hydrogens (primary N) is 1. The van der Waals surface area contributed by atoms with Crippen molar-refractivity contribution in [1.82, 2.24) is 4.90 Å². The number of nitrogens with zero attached hydrogens (tertiary/aromatic N) is 1. The van der Waals surface area contributed by atoms with Crippen molar-refractivity contribution in [3.63, 3.8) is 0 Å². The van der Waals surface area contributed by atoms with Crippen LogP contribution in [0.15, 0.2) is 0 Å². The molecule has 1 fully saturated rings. The Balaban J connectivity index is 2.32. The highest BCUT2D eigenvalue weighted by Gasteiger charge is 2.27. The van der Waals surface area contributed by atoms with Gasteiger partial charge in [-0.3, -0.25) is 4.79 Å². The highest BCUT2D eigenvalue weighted by atomic mass is 16.5. The third kappa shape index (κ3) is 2.94. The molecule has 0 aromatic heterocycles. The van der Waals surface area contributed by atoms with Gasteiger partial charge in [0.25, 0.3) is 0 Å². The molecule has 1 heterocycles. The van der Waals surface area contributed by atoms with Crippen LogP contribution in [0, 0.1) is 0 Å². The van der Waals surface area contributed by atoms with E-state index in [1.165, 1.54) is 0 Å². The first kappa shape index (κ1) is 11.4. The fourth-order valence-corrected chi connectivity index (χ4v) is 1.54. The first-order valence-corrected chi connectivity index (χ1v) is 4.86. The largest absolute Gasteiger partial charge is 0.391 e. The van der Waals surface area contributed by atoms with Gasteiger partial charge in [-0.1, -0.05) is 0 Å². The standard InChI is InChI=1S/C9H18N2O3/c1-14-5-3-8(10)9(13)11-4-2-7(12)6-11/h7-8,12H,2-6,10H2,1H3/t7-,8?/m0/s1. The van der Waals surface area contributed by atoms with Gasteiger partial charge in [-0.05, 0) is 12.8 Å². The molecular formula is C9H18N2O3. The van der Waals surface area contributed by atoms with E-state index < -0.39 is 6.04 Å². The Morgan fingerprint density at radius 2 is 2.50 bits per heavy atom. The first-order valence-electron chi connectivity index (χ1n) is 4.86. The van der Waals surface area contributed by atoms with Crippen LogP contribution in [0.3, 0.4) is 0 Å². The van der Waals surface area contributed by atoms with Crippen molar-refractivity contribution in [1.29, 1.82) is 0 Å². The molecule has 1 aliphatic heterocycles. The predicted octanol–water partition coefficient (Wildman–Crippen LogP) is -1.06. The second-order valence-electron chi connectivity index (χ2n) is 3.61. The normalized spacial score (nSPS) is 23.9. The maximum absolute atomic E-state index is 11.6. The van der Waals surface area contributed by atoms with Crippen molar-refractivity contribution in [3.8, 4) is 0 Å². The quantitative estimate of drug-likeness (QED) is 0.609. The minimum Gasteiger partial charge on any atom is -0.391 e. The van der Waals surface area contributed by atoms with Crippen LogP contribution >= 0.6 is 0 Å². The Labute approximate surface area is 83.8 Å². The SMILES string of the molecule is COCCC(N)C(=O)N1CC[C@H](O)C1. The summed E-state index contributed by atoms with van der Waals surface area (Å²) < 4.78 is 4.85. The van der Waals surface area contributed by atoms with Gasteiger partial charge < -0.3 is 20.5 Å². The average Bonchev–Trinajstić information content (AvgIpc) is 2.60. The number of methoxy groups -OCH3 is 1. The van der Waals surface area contributed by atoms with Gasteiger partial charge >= 0.3 is 0 Å². The topological polar surface area (TPSA) is 75.8 Å². The Hall–Kier alpha value is -0.650. The lowest BCUT2D eigenvalue weighted by Crippen LogP contribution is -2.43. The fourth-order valence-electron chi connectivity index (χ4n) is 1.54. The highest BCUT2D eigenvalue weighted by molar-refractivity contribution is 5.81. The second kappa shape index (κ2) is 5.29. The number of hydrogen-bond acceptors (Lipinski definition) is 4. The number of aliphatic hydroxyl groups excluding tert-OH is 1. The Bertz CT molecular complexity index is 198. The molecule has 14 heavy (non-hydrogen) atoms. The summed E-state index contributed by atoms with van der Waals surface area (Å²) in [6.07, 6.45) is 0.804. The monoisotopic (exact) mass is 202 g/mol. The van der Waals surface area contributed by atoms with Crippen LogP contribution in [0.25, 0.3) is 0 Å². The molecule has 0 radical (unpaired) electrons. The lowest BCUT2D eigenvalue weighted by Gasteiger charge is -2.19. The van der Waals surface area contributed by atoms with E-state index in [1.807, 2.05) is 0 Å². The van der Waals surface area contributed by atoms with Crippen LogP contribution < -0.4 is 5.73 Å². The molecule has 5 heteroatoms. The van der Waals surface area contributed by atoms with Gasteiger partial charge in [0, 0.05) is 26.8 Å². The number of ether oxygens (including phenoxy) is 1. The molecule has 0 aliphatic carbocycles. The summed E-state index contributed by atoms with van der Waals surface area (Å²) >= 11 is 0. The lowest BCUT2D eigenvalue weighted by molar-refractivity contribution is -0.132. The summed E-state index contributed by atoms with van der Waals surface area (Å²) in [6.45, 7) is 1.52. The summed E-state index contributed by atoms with van der Waals surface area (Å²) in [6, 6.07) is -0.500. The zero-order chi connectivity index (χ0) is 10.6. The maximum atomic E-state index is 11.6. The van der Waals surface area contributed by atoms with E-state index in [-0.39, 0.29) is 12.0 Å². The molecule has 1 amide bonds. The summed E-state index contributed by atoms with van der Waals surface area (Å²) in [4.78, 5) is 13.2. The van der Waals surface area contributed by atoms with E-state index in [0.29, 0.717) is 32.5 Å². The van der Waals surface area contributed by atoms with E-state index in [9.17, 15) is 9.90 Å². The number of β-amino-alcohol motifs (C(OH)–C–C–N with tert-alkyl or cyclic N) is 1. The molecule has 1 rings (SSSR count). The summed E-state index contributed by atoms with van der Waals surface area (Å²) in [5, 5.41) is 9.25. The van der Waals surface area contributed by atoms with Crippen molar-refractivity contribution >= 4 is 5.91 Å². The van der Waals surface area contributed by atoms with Crippen molar-refractivity contribution in [3.05, 3.63) is 0 Å². The third-order valence-corrected chi connectivity index (χ3v) is 2.43. The lowest BCUT2D eigenvalue weighted by atomic mass is 10.2. The van der Waals surface area contributed by atoms with Crippen LogP contribution in [0.4, 0.5) is 0 Å². The molecule has 2 atom stereocenters. The fraction of sp³-hybridized carbons (Fsp3) is 0.889. The minimum atomic E-state index is -0.500. The van der Waals surface area contributed by atoms with Gasteiger partial charge in [0.15, 0.2) is 0 Å². The zero-order valence-electron chi connectivity index (χ0n) is 8.48. The van der Waals surface area contributed by atoms with E-state index in [0.717, 1.165) is 0 Å². The molecule has 0 aromatic rings. The van der Waals surface area contributed by atoms with Gasteiger partial charge in [0.2, 0.25) is 5.91 Å². The average molecular weight is 202 g/mol. The van der Waals surface area contributed by atoms with Gasteiger partial charge in [0.1, 0.15) is 0 Å². The number of aliphatic hydroxyl groups is 1. The van der Waals surface area contributed by atoms with Gasteiger partial charge in [-0.2, -0.15) is 0 Å². The van der Waals surface area contributed by atoms with Crippen molar-refractivity contribution in [2.75, 3.05) is 26.8 Å². The Morgan fingerprint density at radius 3 is 3.00 bits per heavy atom. The van der Waals surface area contributed by atoms with Gasteiger partial charge in [-0.15, -0.1) is 0 Å². The minimum absolute atomic E-state index is 0.0846. The molecule has 3 N–H and O–H groups in total. The smallest absolute Gasteiger partial charge is 0.239 e. The molecule has 82 valence electrons. The predicted molar refractivity (Wildman–Crippen MR) is 51.7 cm³/mol. The number of carbonyl (C=O) groups is 1. The van der Waals surface area contributed by atoms with Crippen LogP contribution in [0.1, 0.15) is 12.8 Å². The zero-order valence-corrected chi connectivity index (χ0v) is 8.48. The van der Waals surface area contributed by atoms with Crippen LogP contribution in [-0.4, -0.2) is 54.9 Å². The highest BCUT2D eigenvalue weighted by Crippen LogP contribution is 2.10. The van der Waals surface area contributed by atoms with Crippen LogP contribution in [0.2, 0.25) is 0 Å². The molecular weight excluding hydrogens is 184 g/mol. The number of amides is 1. The summed E-state index contributed by atoms with van der Waals surface area (Å²) in [5.74, 6) is -0.0846. The molecule has 0 bridgehead atoms. The van der Waals surface area contributed by atoms with E-state index in [4.69, 9.17) is 10.5 Å². The second-order valence-corrected chi connectivity index (χ2v) is 3.61. The van der Waals surface area contributed by atoms with E-state index in [1.54, 1.807) is 12.0 Å². The van der Waals surface area contributed by atoms with Gasteiger partial charge in [0.05, 0.1) is 12.1 Å². The summed E-state index contributed by atoms with van der Waals surface area (Å²) in [7, 11) is 1.58. The van der Waals surface area contributed by atoms with E-state index in [2.05, 4.69) is 0 Å². The maximum Gasteiger partial charge on any atom is 0.239 e. The Morgan fingerprint density at radius 1 is 1.79 bits per heavy atom. The Kier molecular flexibility index (Phi) is 4.31. The summed E-state index contributed by atoms with van der Waals surface area (Å²) in [5.41, 5.74) is 5.68. The molecule has 0 aromatic carbocycles. The van der Waals surface area contributed by atoms with Crippen LogP contribution in [0.5, 0.6) is 0 Å². The van der Waals surface area contributed by atoms with Crippen molar-refractivity contribution < 1.29 is 14.6 Å². The molecule has 0 saturated carbocycles. The van der Waals surface area contributed by atoms with Crippen molar-refractivity contribution in [2.24, 2.45) is 5.73 Å². The number of likely N-dealkylation sites (tertiary alicyclic amines) is 1. The van der Waals surface area contributed by atoms with Gasteiger partial charge in [-0.25, -0.2) is 0 Å². The van der Waals surface area contributed by atoms with E-state index >= 15 is 0 Å². The molecule has 0 spiro atoms.